The number of rotatable bonds is 5. The average Bonchev–Trinajstić information content (AvgIpc) is 2.94. The fraction of sp³-hybridized carbons (Fsp3) is 0.188. The van der Waals surface area contributed by atoms with Crippen LogP contribution in [0.25, 0.3) is 0 Å². The molecule has 0 spiro atoms. The highest BCUT2D eigenvalue weighted by atomic mass is 79.9. The Labute approximate surface area is 155 Å². The first-order valence-electron chi connectivity index (χ1n) is 6.89. The first-order chi connectivity index (χ1) is 11.9. The zero-order chi connectivity index (χ0) is 18.6. The normalized spacial score (nSPS) is 10.2. The van der Waals surface area contributed by atoms with Crippen LogP contribution in [0.3, 0.4) is 0 Å². The Morgan fingerprint density at radius 3 is 2.40 bits per heavy atom. The van der Waals surface area contributed by atoms with E-state index in [9.17, 15) is 14.4 Å². The molecule has 25 heavy (non-hydrogen) atoms. The first-order valence-corrected chi connectivity index (χ1v) is 8.50. The van der Waals surface area contributed by atoms with Crippen molar-refractivity contribution in [1.82, 2.24) is 0 Å². The van der Waals surface area contributed by atoms with Crippen LogP contribution < -0.4 is 5.73 Å². The molecule has 1 aromatic heterocycles. The molecular formula is C16H14BrNO6S. The summed E-state index contributed by atoms with van der Waals surface area (Å²) in [6.07, 6.45) is 0. The summed E-state index contributed by atoms with van der Waals surface area (Å²) in [6, 6.07) is 6.62. The third kappa shape index (κ3) is 4.18. The third-order valence-corrected chi connectivity index (χ3v) is 4.74. The molecule has 0 aliphatic rings. The van der Waals surface area contributed by atoms with E-state index in [2.05, 4.69) is 25.4 Å². The molecule has 2 N–H and O–H groups in total. The molecule has 1 heterocycles. The van der Waals surface area contributed by atoms with Crippen LogP contribution in [0.2, 0.25) is 0 Å². The van der Waals surface area contributed by atoms with Gasteiger partial charge in [-0.15, -0.1) is 11.3 Å². The van der Waals surface area contributed by atoms with E-state index >= 15 is 0 Å². The van der Waals surface area contributed by atoms with Crippen molar-refractivity contribution >= 4 is 50.2 Å². The van der Waals surface area contributed by atoms with Crippen LogP contribution in [-0.4, -0.2) is 32.1 Å². The van der Waals surface area contributed by atoms with E-state index < -0.39 is 17.9 Å². The third-order valence-electron chi connectivity index (χ3n) is 3.20. The van der Waals surface area contributed by atoms with Gasteiger partial charge in [0.25, 0.3) is 0 Å². The largest absolute Gasteiger partial charge is 0.465 e. The molecule has 0 bridgehead atoms. The summed E-state index contributed by atoms with van der Waals surface area (Å²) in [7, 11) is 2.39. The predicted molar refractivity (Wildman–Crippen MR) is 94.7 cm³/mol. The molecular weight excluding hydrogens is 414 g/mol. The average molecular weight is 428 g/mol. The molecule has 0 aliphatic heterocycles. The number of nitrogens with two attached hydrogens (primary N) is 1. The van der Waals surface area contributed by atoms with Gasteiger partial charge < -0.3 is 19.9 Å². The van der Waals surface area contributed by atoms with E-state index in [1.165, 1.54) is 14.2 Å². The molecule has 0 atom stereocenters. The molecule has 0 saturated heterocycles. The summed E-state index contributed by atoms with van der Waals surface area (Å²) in [5, 5.41) is 0.0840. The summed E-state index contributed by atoms with van der Waals surface area (Å²) in [5.41, 5.74) is 6.28. The van der Waals surface area contributed by atoms with Crippen LogP contribution in [0.15, 0.2) is 28.7 Å². The number of esters is 3. The second-order valence-electron chi connectivity index (χ2n) is 4.72. The zero-order valence-electron chi connectivity index (χ0n) is 13.3. The number of carbonyl (C=O) groups excluding carboxylic acids is 3. The lowest BCUT2D eigenvalue weighted by Gasteiger charge is -2.08. The van der Waals surface area contributed by atoms with Gasteiger partial charge in [-0.05, 0) is 18.2 Å². The SMILES string of the molecule is COC(=O)c1sc(N)c(C(=O)OC)c1COC(=O)c1cccc(Br)c1. The van der Waals surface area contributed by atoms with Crippen LogP contribution in [-0.2, 0) is 20.8 Å². The minimum Gasteiger partial charge on any atom is -0.465 e. The molecule has 2 rings (SSSR count). The van der Waals surface area contributed by atoms with E-state index in [1.807, 2.05) is 0 Å². The van der Waals surface area contributed by atoms with E-state index in [-0.39, 0.29) is 27.6 Å². The number of halogens is 1. The molecule has 0 radical (unpaired) electrons. The zero-order valence-corrected chi connectivity index (χ0v) is 15.7. The van der Waals surface area contributed by atoms with Crippen LogP contribution in [0.1, 0.15) is 36.0 Å². The van der Waals surface area contributed by atoms with Gasteiger partial charge in [-0.25, -0.2) is 14.4 Å². The van der Waals surface area contributed by atoms with Crippen molar-refractivity contribution in [3.63, 3.8) is 0 Å². The molecule has 0 amide bonds. The highest BCUT2D eigenvalue weighted by molar-refractivity contribution is 9.10. The highest BCUT2D eigenvalue weighted by Gasteiger charge is 2.28. The molecule has 7 nitrogen and oxygen atoms in total. The van der Waals surface area contributed by atoms with Gasteiger partial charge in [0, 0.05) is 10.0 Å². The van der Waals surface area contributed by atoms with Gasteiger partial charge in [0.1, 0.15) is 22.0 Å². The predicted octanol–water partition coefficient (Wildman–Crippen LogP) is 3.02. The van der Waals surface area contributed by atoms with Crippen molar-refractivity contribution < 1.29 is 28.6 Å². The summed E-state index contributed by atoms with van der Waals surface area (Å²) >= 11 is 4.14. The van der Waals surface area contributed by atoms with Crippen LogP contribution in [0, 0.1) is 0 Å². The fourth-order valence-electron chi connectivity index (χ4n) is 2.04. The minimum absolute atomic E-state index is 0.00468. The summed E-state index contributed by atoms with van der Waals surface area (Å²) in [6.45, 7) is -0.325. The van der Waals surface area contributed by atoms with Crippen LogP contribution >= 0.6 is 27.3 Å². The van der Waals surface area contributed by atoms with E-state index in [1.54, 1.807) is 24.3 Å². The summed E-state index contributed by atoms with van der Waals surface area (Å²) in [5.74, 6) is -2.02. The maximum Gasteiger partial charge on any atom is 0.348 e. The molecule has 0 aliphatic carbocycles. The topological polar surface area (TPSA) is 105 Å². The number of hydrogen-bond donors (Lipinski definition) is 1. The Bertz CT molecular complexity index is 832. The van der Waals surface area contributed by atoms with Crippen LogP contribution in [0.5, 0.6) is 0 Å². The molecule has 0 saturated carbocycles. The van der Waals surface area contributed by atoms with Gasteiger partial charge >= 0.3 is 17.9 Å². The maximum atomic E-state index is 12.2. The monoisotopic (exact) mass is 427 g/mol. The second-order valence-corrected chi connectivity index (χ2v) is 6.69. The minimum atomic E-state index is -0.725. The Morgan fingerprint density at radius 1 is 1.12 bits per heavy atom. The lowest BCUT2D eigenvalue weighted by atomic mass is 10.1. The van der Waals surface area contributed by atoms with Gasteiger partial charge in [0.2, 0.25) is 0 Å². The number of nitrogen functional groups attached to an aromatic ring is 1. The van der Waals surface area contributed by atoms with Gasteiger partial charge in [-0.1, -0.05) is 22.0 Å². The summed E-state index contributed by atoms with van der Waals surface area (Å²) in [4.78, 5) is 36.1. The number of anilines is 1. The molecule has 1 aromatic carbocycles. The van der Waals surface area contributed by atoms with Gasteiger partial charge in [-0.3, -0.25) is 0 Å². The molecule has 0 unspecified atom stereocenters. The summed E-state index contributed by atoms with van der Waals surface area (Å²) < 4.78 is 15.3. The Hall–Kier alpha value is -2.39. The molecule has 9 heteroatoms. The number of hydrogen-bond acceptors (Lipinski definition) is 8. The van der Waals surface area contributed by atoms with Crippen molar-refractivity contribution in [3.05, 3.63) is 50.3 Å². The molecule has 132 valence electrons. The van der Waals surface area contributed by atoms with E-state index in [0.717, 1.165) is 11.3 Å². The molecule has 2 aromatic rings. The maximum absolute atomic E-state index is 12.2. The van der Waals surface area contributed by atoms with Crippen molar-refractivity contribution in [2.45, 2.75) is 6.61 Å². The quantitative estimate of drug-likeness (QED) is 0.577. The standard InChI is InChI=1S/C16H14BrNO6S/c1-22-15(20)11-10(12(16(21)23-2)25-13(11)18)7-24-14(19)8-4-3-5-9(17)6-8/h3-6H,7,18H2,1-2H3. The van der Waals surface area contributed by atoms with Crippen molar-refractivity contribution in [2.24, 2.45) is 0 Å². The highest BCUT2D eigenvalue weighted by Crippen LogP contribution is 2.33. The van der Waals surface area contributed by atoms with Gasteiger partial charge in [0.05, 0.1) is 19.8 Å². The van der Waals surface area contributed by atoms with Gasteiger partial charge in [-0.2, -0.15) is 0 Å². The number of ether oxygens (including phenoxy) is 3. The number of methoxy groups -OCH3 is 2. The van der Waals surface area contributed by atoms with Crippen molar-refractivity contribution in [2.75, 3.05) is 20.0 Å². The number of carbonyl (C=O) groups is 3. The van der Waals surface area contributed by atoms with Gasteiger partial charge in [0.15, 0.2) is 0 Å². The van der Waals surface area contributed by atoms with Crippen molar-refractivity contribution in [1.29, 1.82) is 0 Å². The van der Waals surface area contributed by atoms with E-state index in [0.29, 0.717) is 10.0 Å². The van der Waals surface area contributed by atoms with Crippen molar-refractivity contribution in [3.8, 4) is 0 Å². The fourth-order valence-corrected chi connectivity index (χ4v) is 3.42. The number of thiophene rings is 1. The lowest BCUT2D eigenvalue weighted by Crippen LogP contribution is -2.12. The smallest absolute Gasteiger partial charge is 0.348 e. The number of benzene rings is 1. The Morgan fingerprint density at radius 2 is 1.80 bits per heavy atom. The first kappa shape index (κ1) is 18.9. The van der Waals surface area contributed by atoms with Crippen LogP contribution in [0.4, 0.5) is 5.00 Å². The molecule has 0 fully saturated rings. The van der Waals surface area contributed by atoms with E-state index in [4.69, 9.17) is 10.5 Å². The lowest BCUT2D eigenvalue weighted by molar-refractivity contribution is 0.0452. The Kier molecular flexibility index (Phi) is 6.16. The Balaban J connectivity index is 2.32. The second kappa shape index (κ2) is 8.13.